The Bertz CT molecular complexity index is 393. The zero-order chi connectivity index (χ0) is 13.7. The lowest BCUT2D eigenvalue weighted by Gasteiger charge is -2.31. The Balaban J connectivity index is 1.70. The highest BCUT2D eigenvalue weighted by Gasteiger charge is 2.21. The van der Waals surface area contributed by atoms with Crippen molar-refractivity contribution in [2.24, 2.45) is 0 Å². The molecule has 0 radical (unpaired) electrons. The number of carbonyl (C=O) groups is 1. The fourth-order valence-electron chi connectivity index (χ4n) is 2.17. The maximum Gasteiger partial charge on any atom is 0.236 e. The highest BCUT2D eigenvalue weighted by Crippen LogP contribution is 2.04. The molecule has 1 amide bonds. The number of carbonyl (C=O) groups excluding carboxylic acids is 1. The molecule has 1 fully saturated rings. The molecular formula is C13H22N4O2. The molecule has 2 heterocycles. The Morgan fingerprint density at radius 3 is 3.16 bits per heavy atom. The van der Waals surface area contributed by atoms with Crippen LogP contribution in [0.25, 0.3) is 0 Å². The minimum atomic E-state index is 0.138. The molecule has 19 heavy (non-hydrogen) atoms. The summed E-state index contributed by atoms with van der Waals surface area (Å²) in [5, 5.41) is 7.39. The molecule has 0 aromatic carbocycles. The standard InChI is InChI=1S/C13H22N4O2/c1-11(9-17-5-3-4-15-17)14-8-13(18)16-6-7-19-12(2)10-16/h3-5,11-12,14H,6-10H2,1-2H3. The second-order valence-electron chi connectivity index (χ2n) is 5.03. The van der Waals surface area contributed by atoms with Crippen LogP contribution in [-0.2, 0) is 16.1 Å². The molecule has 1 aromatic heterocycles. The number of aromatic nitrogens is 2. The summed E-state index contributed by atoms with van der Waals surface area (Å²) in [5.74, 6) is 0.141. The van der Waals surface area contributed by atoms with Crippen LogP contribution in [0.1, 0.15) is 13.8 Å². The molecule has 1 aliphatic rings. The van der Waals surface area contributed by atoms with Crippen molar-refractivity contribution in [2.45, 2.75) is 32.5 Å². The van der Waals surface area contributed by atoms with Crippen LogP contribution in [0.3, 0.4) is 0 Å². The second-order valence-corrected chi connectivity index (χ2v) is 5.03. The van der Waals surface area contributed by atoms with Crippen molar-refractivity contribution in [3.8, 4) is 0 Å². The van der Waals surface area contributed by atoms with Gasteiger partial charge in [-0.25, -0.2) is 0 Å². The first-order valence-electron chi connectivity index (χ1n) is 6.75. The van der Waals surface area contributed by atoms with Gasteiger partial charge in [-0.2, -0.15) is 5.10 Å². The van der Waals surface area contributed by atoms with Crippen LogP contribution in [-0.4, -0.2) is 59.0 Å². The van der Waals surface area contributed by atoms with Gasteiger partial charge >= 0.3 is 0 Å². The first-order valence-corrected chi connectivity index (χ1v) is 6.75. The van der Waals surface area contributed by atoms with Gasteiger partial charge in [0.05, 0.1) is 25.8 Å². The number of amides is 1. The molecular weight excluding hydrogens is 244 g/mol. The van der Waals surface area contributed by atoms with Crippen LogP contribution >= 0.6 is 0 Å². The Kier molecular flexibility index (Phi) is 4.93. The number of rotatable bonds is 5. The van der Waals surface area contributed by atoms with E-state index in [0.717, 1.165) is 6.54 Å². The molecule has 1 aromatic rings. The predicted molar refractivity (Wildman–Crippen MR) is 71.7 cm³/mol. The maximum absolute atomic E-state index is 12.0. The smallest absolute Gasteiger partial charge is 0.236 e. The summed E-state index contributed by atoms with van der Waals surface area (Å²) in [6.07, 6.45) is 3.82. The van der Waals surface area contributed by atoms with Gasteiger partial charge in [-0.05, 0) is 19.9 Å². The summed E-state index contributed by atoms with van der Waals surface area (Å²) in [7, 11) is 0. The highest BCUT2D eigenvalue weighted by molar-refractivity contribution is 5.78. The van der Waals surface area contributed by atoms with Gasteiger partial charge in [0.15, 0.2) is 0 Å². The predicted octanol–water partition coefficient (Wildman–Crippen LogP) is 0.109. The fraction of sp³-hybridized carbons (Fsp3) is 0.692. The summed E-state index contributed by atoms with van der Waals surface area (Å²) in [6.45, 7) is 7.20. The van der Waals surface area contributed by atoms with Gasteiger partial charge in [0.1, 0.15) is 0 Å². The first kappa shape index (κ1) is 14.0. The third-order valence-corrected chi connectivity index (χ3v) is 3.22. The van der Waals surface area contributed by atoms with E-state index in [1.54, 1.807) is 6.20 Å². The molecule has 2 atom stereocenters. The van der Waals surface area contributed by atoms with E-state index in [0.29, 0.717) is 26.2 Å². The molecule has 0 bridgehead atoms. The fourth-order valence-corrected chi connectivity index (χ4v) is 2.17. The Hall–Kier alpha value is -1.40. The number of ether oxygens (including phenoxy) is 1. The van der Waals surface area contributed by atoms with E-state index in [2.05, 4.69) is 17.3 Å². The van der Waals surface area contributed by atoms with Crippen LogP contribution in [0.4, 0.5) is 0 Å². The zero-order valence-electron chi connectivity index (χ0n) is 11.6. The molecule has 0 saturated carbocycles. The van der Waals surface area contributed by atoms with E-state index in [9.17, 15) is 4.79 Å². The van der Waals surface area contributed by atoms with Gasteiger partial charge < -0.3 is 15.0 Å². The van der Waals surface area contributed by atoms with E-state index in [-0.39, 0.29) is 18.1 Å². The van der Waals surface area contributed by atoms with Crippen molar-refractivity contribution in [3.05, 3.63) is 18.5 Å². The van der Waals surface area contributed by atoms with Crippen molar-refractivity contribution >= 4 is 5.91 Å². The summed E-state index contributed by atoms with van der Waals surface area (Å²) in [5.41, 5.74) is 0. The average molecular weight is 266 g/mol. The molecule has 106 valence electrons. The van der Waals surface area contributed by atoms with E-state index in [1.165, 1.54) is 0 Å². The first-order chi connectivity index (χ1) is 9.15. The van der Waals surface area contributed by atoms with E-state index in [4.69, 9.17) is 4.74 Å². The van der Waals surface area contributed by atoms with Crippen molar-refractivity contribution in [3.63, 3.8) is 0 Å². The third kappa shape index (κ3) is 4.33. The number of hydrogen-bond donors (Lipinski definition) is 1. The van der Waals surface area contributed by atoms with Gasteiger partial charge in [-0.1, -0.05) is 0 Å². The number of nitrogens with one attached hydrogen (secondary N) is 1. The van der Waals surface area contributed by atoms with E-state index in [1.807, 2.05) is 28.8 Å². The molecule has 1 aliphatic heterocycles. The Morgan fingerprint density at radius 1 is 1.63 bits per heavy atom. The average Bonchev–Trinajstić information content (AvgIpc) is 2.88. The molecule has 0 aliphatic carbocycles. The van der Waals surface area contributed by atoms with Crippen molar-refractivity contribution in [2.75, 3.05) is 26.2 Å². The lowest BCUT2D eigenvalue weighted by molar-refractivity contribution is -0.137. The van der Waals surface area contributed by atoms with Gasteiger partial charge in [0, 0.05) is 31.5 Å². The van der Waals surface area contributed by atoms with E-state index < -0.39 is 0 Å². The number of nitrogens with zero attached hydrogens (tertiary/aromatic N) is 3. The highest BCUT2D eigenvalue weighted by atomic mass is 16.5. The lowest BCUT2D eigenvalue weighted by Crippen LogP contribution is -2.48. The maximum atomic E-state index is 12.0. The molecule has 2 rings (SSSR count). The topological polar surface area (TPSA) is 59.4 Å². The van der Waals surface area contributed by atoms with Crippen molar-refractivity contribution in [1.82, 2.24) is 20.0 Å². The molecule has 2 unspecified atom stereocenters. The molecule has 1 N–H and O–H groups in total. The SMILES string of the molecule is CC(Cn1cccn1)NCC(=O)N1CCOC(C)C1. The largest absolute Gasteiger partial charge is 0.375 e. The van der Waals surface area contributed by atoms with Crippen molar-refractivity contribution in [1.29, 1.82) is 0 Å². The summed E-state index contributed by atoms with van der Waals surface area (Å²) in [6, 6.07) is 2.11. The monoisotopic (exact) mass is 266 g/mol. The Morgan fingerprint density at radius 2 is 2.47 bits per heavy atom. The number of hydrogen-bond acceptors (Lipinski definition) is 4. The molecule has 6 heteroatoms. The quantitative estimate of drug-likeness (QED) is 0.822. The number of morpholine rings is 1. The van der Waals surface area contributed by atoms with E-state index >= 15 is 0 Å². The second kappa shape index (κ2) is 6.68. The van der Waals surface area contributed by atoms with Crippen LogP contribution in [0.2, 0.25) is 0 Å². The molecule has 1 saturated heterocycles. The van der Waals surface area contributed by atoms with Crippen LogP contribution in [0, 0.1) is 0 Å². The van der Waals surface area contributed by atoms with Crippen LogP contribution < -0.4 is 5.32 Å². The van der Waals surface area contributed by atoms with Gasteiger partial charge in [-0.15, -0.1) is 0 Å². The van der Waals surface area contributed by atoms with Gasteiger partial charge in [0.2, 0.25) is 5.91 Å². The lowest BCUT2D eigenvalue weighted by atomic mass is 10.3. The molecule has 0 spiro atoms. The summed E-state index contributed by atoms with van der Waals surface area (Å²) >= 11 is 0. The van der Waals surface area contributed by atoms with Gasteiger partial charge in [0.25, 0.3) is 0 Å². The summed E-state index contributed by atoms with van der Waals surface area (Å²) < 4.78 is 7.29. The normalized spacial score (nSPS) is 21.4. The van der Waals surface area contributed by atoms with Crippen LogP contribution in [0.15, 0.2) is 18.5 Å². The third-order valence-electron chi connectivity index (χ3n) is 3.22. The Labute approximate surface area is 113 Å². The minimum absolute atomic E-state index is 0.138. The minimum Gasteiger partial charge on any atom is -0.375 e. The zero-order valence-corrected chi connectivity index (χ0v) is 11.6. The van der Waals surface area contributed by atoms with Crippen LogP contribution in [0.5, 0.6) is 0 Å². The van der Waals surface area contributed by atoms with Gasteiger partial charge in [-0.3, -0.25) is 9.48 Å². The molecule has 6 nitrogen and oxygen atoms in total. The van der Waals surface area contributed by atoms with Crippen molar-refractivity contribution < 1.29 is 9.53 Å². The summed E-state index contributed by atoms with van der Waals surface area (Å²) in [4.78, 5) is 13.9.